The molecule has 2 aliphatic rings. The van der Waals surface area contributed by atoms with Gasteiger partial charge in [-0.25, -0.2) is 0 Å². The molecule has 0 unspecified atom stereocenters. The number of carbonyl (C=O) groups excluding carboxylic acids is 1. The monoisotopic (exact) mass is 637 g/mol. The number of aliphatic hydroxyl groups is 1. The molecule has 3 nitrogen and oxygen atoms in total. The zero-order valence-corrected chi connectivity index (χ0v) is 22.5. The fourth-order valence-electron chi connectivity index (χ4n) is 5.02. The van der Waals surface area contributed by atoms with Crippen LogP contribution in [0.3, 0.4) is 0 Å². The summed E-state index contributed by atoms with van der Waals surface area (Å²) in [5, 5.41) is 9.62. The number of ketones is 1. The Kier molecular flexibility index (Phi) is 6.64. The summed E-state index contributed by atoms with van der Waals surface area (Å²) in [6.45, 7) is 7.47. The van der Waals surface area contributed by atoms with E-state index in [2.05, 4.69) is 92.7 Å². The van der Waals surface area contributed by atoms with Gasteiger partial charge in [0.2, 0.25) is 0 Å². The first-order valence-electron chi connectivity index (χ1n) is 11.4. The molecule has 4 aromatic rings. The molecule has 1 heterocycles. The number of pyridine rings is 1. The molecule has 1 aromatic heterocycles. The summed E-state index contributed by atoms with van der Waals surface area (Å²) >= 11 is 0. The number of aliphatic hydroxyl groups excluding tert-OH is 1. The maximum Gasteiger partial charge on any atom is 0.155 e. The van der Waals surface area contributed by atoms with Crippen molar-refractivity contribution in [2.45, 2.75) is 33.1 Å². The van der Waals surface area contributed by atoms with Gasteiger partial charge in [0.25, 0.3) is 0 Å². The molecule has 0 saturated carbocycles. The number of benzene rings is 3. The Hall–Kier alpha value is -3.33. The van der Waals surface area contributed by atoms with Gasteiger partial charge in [0, 0.05) is 31.6 Å². The minimum absolute atomic E-state index is 0. The maximum atomic E-state index is 10.0. The molecule has 0 aliphatic heterocycles. The molecule has 6 rings (SSSR count). The van der Waals surface area contributed by atoms with E-state index in [9.17, 15) is 4.79 Å². The van der Waals surface area contributed by atoms with Crippen LogP contribution >= 0.6 is 0 Å². The van der Waals surface area contributed by atoms with Crippen molar-refractivity contribution < 1.29 is 30.0 Å². The largest absolute Gasteiger partial charge is 0.512 e. The van der Waals surface area contributed by atoms with Crippen molar-refractivity contribution in [2.75, 3.05) is 0 Å². The topological polar surface area (TPSA) is 50.2 Å². The van der Waals surface area contributed by atoms with Gasteiger partial charge < -0.3 is 5.11 Å². The summed E-state index contributed by atoms with van der Waals surface area (Å²) in [6.07, 6.45) is 5.53. The number of allylic oxidation sites excluding steroid dienone is 2. The summed E-state index contributed by atoms with van der Waals surface area (Å²) in [5.74, 6) is -0.0625. The number of fused-ring (bicyclic) bond motifs is 3. The summed E-state index contributed by atoms with van der Waals surface area (Å²) in [4.78, 5) is 15.0. The van der Waals surface area contributed by atoms with Gasteiger partial charge in [-0.05, 0) is 47.7 Å². The number of hydrogen-bond acceptors (Lipinski definition) is 3. The van der Waals surface area contributed by atoms with Crippen LogP contribution in [-0.2, 0) is 30.3 Å². The maximum absolute atomic E-state index is 10.0. The molecule has 0 amide bonds. The van der Waals surface area contributed by atoms with E-state index in [-0.39, 0.29) is 37.1 Å². The first kappa shape index (κ1) is 24.8. The number of aromatic nitrogens is 1. The van der Waals surface area contributed by atoms with Crippen molar-refractivity contribution >= 4 is 28.8 Å². The molecule has 177 valence electrons. The second-order valence-electron chi connectivity index (χ2n) is 9.41. The normalized spacial score (nSPS) is 14.0. The van der Waals surface area contributed by atoms with E-state index in [0.717, 1.165) is 16.8 Å². The number of nitrogens with zero attached hydrogens (tertiary/aromatic N) is 1. The zero-order chi connectivity index (χ0) is 24.0. The van der Waals surface area contributed by atoms with Crippen molar-refractivity contribution in [3.63, 3.8) is 0 Å². The van der Waals surface area contributed by atoms with Gasteiger partial charge >= 0.3 is 0 Å². The Balaban J connectivity index is 0.000000320. The number of carbonyl (C=O) groups is 1. The van der Waals surface area contributed by atoms with E-state index < -0.39 is 0 Å². The quantitative estimate of drug-likeness (QED) is 0.124. The van der Waals surface area contributed by atoms with E-state index in [1.165, 1.54) is 58.7 Å². The summed E-state index contributed by atoms with van der Waals surface area (Å²) in [7, 11) is 0. The van der Waals surface area contributed by atoms with Gasteiger partial charge in [-0.15, -0.1) is 29.3 Å². The standard InChI is InChI=1S/C26H18N.C5H8O2.Ir/c1-26(2)21-8-4-3-7-19(21)20-13-12-17(14-22(20)26)24-15-18-11-10-16-6-5-9-23(27-24)25(16)18;1-4(6)3-5(2)7;/h3-11,13-15H,1-2H3;3,6H,1-2H3;/q-1;;/b;4-3-;. The molecule has 3 aromatic carbocycles. The van der Waals surface area contributed by atoms with Gasteiger partial charge in [-0.2, -0.15) is 0 Å². The van der Waals surface area contributed by atoms with Gasteiger partial charge in [0.15, 0.2) is 5.78 Å². The Morgan fingerprint density at radius 2 is 1.69 bits per heavy atom. The zero-order valence-electron chi connectivity index (χ0n) is 20.1. The van der Waals surface area contributed by atoms with Gasteiger partial charge in [-0.1, -0.05) is 79.6 Å². The Bertz CT molecular complexity index is 1520. The summed E-state index contributed by atoms with van der Waals surface area (Å²) < 4.78 is 0. The summed E-state index contributed by atoms with van der Waals surface area (Å²) in [6, 6.07) is 25.2. The smallest absolute Gasteiger partial charge is 0.155 e. The molecule has 0 fully saturated rings. The second kappa shape index (κ2) is 9.37. The van der Waals surface area contributed by atoms with Crippen molar-refractivity contribution in [1.82, 2.24) is 4.98 Å². The van der Waals surface area contributed by atoms with Crippen molar-refractivity contribution in [3.8, 4) is 22.4 Å². The van der Waals surface area contributed by atoms with Gasteiger partial charge in [0.05, 0.1) is 11.3 Å². The minimum atomic E-state index is -0.125. The first-order valence-corrected chi connectivity index (χ1v) is 11.4. The van der Waals surface area contributed by atoms with Crippen molar-refractivity contribution in [2.24, 2.45) is 0 Å². The Morgan fingerprint density at radius 3 is 2.40 bits per heavy atom. The van der Waals surface area contributed by atoms with Crippen molar-refractivity contribution in [3.05, 3.63) is 101 Å². The first-order chi connectivity index (χ1) is 16.3. The van der Waals surface area contributed by atoms with Crippen LogP contribution in [0.4, 0.5) is 0 Å². The molecule has 1 radical (unpaired) electrons. The molecule has 0 atom stereocenters. The van der Waals surface area contributed by atoms with E-state index in [1.807, 2.05) is 0 Å². The van der Waals surface area contributed by atoms with Gasteiger partial charge in [-0.3, -0.25) is 9.78 Å². The predicted octanol–water partition coefficient (Wildman–Crippen LogP) is 7.53. The van der Waals surface area contributed by atoms with E-state index in [4.69, 9.17) is 10.1 Å². The molecular formula is C31H26IrNO2-. The molecular weight excluding hydrogens is 611 g/mol. The fraction of sp³-hybridized carbons (Fsp3) is 0.161. The molecule has 2 aliphatic carbocycles. The Morgan fingerprint density at radius 1 is 0.943 bits per heavy atom. The number of rotatable bonds is 2. The van der Waals surface area contributed by atoms with Crippen LogP contribution in [0.2, 0.25) is 0 Å². The molecule has 1 N–H and O–H groups in total. The predicted molar refractivity (Wildman–Crippen MR) is 140 cm³/mol. The van der Waals surface area contributed by atoms with E-state index >= 15 is 0 Å². The van der Waals surface area contributed by atoms with Crippen LogP contribution in [0.25, 0.3) is 45.4 Å². The SMILES string of the molecule is CC(=O)/C=C(/C)O.CC1(C)c2ccccc2-c2c[c-]c(-c3cc4c5c(cccc5n3)C=C4)cc21.[Ir]. The van der Waals surface area contributed by atoms with Gasteiger partial charge in [0.1, 0.15) is 0 Å². The van der Waals surface area contributed by atoms with E-state index in [0.29, 0.717) is 0 Å². The molecule has 0 bridgehead atoms. The average molecular weight is 637 g/mol. The van der Waals surface area contributed by atoms with Crippen LogP contribution in [0.15, 0.2) is 72.5 Å². The van der Waals surface area contributed by atoms with E-state index in [1.54, 1.807) is 0 Å². The molecule has 35 heavy (non-hydrogen) atoms. The second-order valence-corrected chi connectivity index (χ2v) is 9.41. The molecule has 4 heteroatoms. The Labute approximate surface area is 219 Å². The third-order valence-corrected chi connectivity index (χ3v) is 6.54. The fourth-order valence-corrected chi connectivity index (χ4v) is 5.02. The van der Waals surface area contributed by atoms with Crippen LogP contribution in [0, 0.1) is 6.07 Å². The van der Waals surface area contributed by atoms with Crippen LogP contribution < -0.4 is 0 Å². The van der Waals surface area contributed by atoms with Crippen molar-refractivity contribution in [1.29, 1.82) is 0 Å². The molecule has 0 saturated heterocycles. The number of hydrogen-bond donors (Lipinski definition) is 1. The third kappa shape index (κ3) is 4.40. The van der Waals surface area contributed by atoms with Crippen LogP contribution in [0.5, 0.6) is 0 Å². The minimum Gasteiger partial charge on any atom is -0.512 e. The molecule has 0 spiro atoms. The van der Waals surface area contributed by atoms with Crippen LogP contribution in [-0.4, -0.2) is 15.9 Å². The average Bonchev–Trinajstić information content (AvgIpc) is 3.32. The third-order valence-electron chi connectivity index (χ3n) is 6.54. The van der Waals surface area contributed by atoms with Crippen LogP contribution in [0.1, 0.15) is 49.9 Å². The summed E-state index contributed by atoms with van der Waals surface area (Å²) in [5.41, 5.74) is 11.0.